The van der Waals surface area contributed by atoms with Crippen molar-refractivity contribution >= 4 is 27.4 Å². The van der Waals surface area contributed by atoms with Gasteiger partial charge in [-0.15, -0.1) is 0 Å². The van der Waals surface area contributed by atoms with E-state index in [0.29, 0.717) is 23.4 Å². The zero-order valence-electron chi connectivity index (χ0n) is 12.2. The maximum atomic E-state index is 12.5. The summed E-state index contributed by atoms with van der Waals surface area (Å²) in [5.41, 5.74) is 8.66. The van der Waals surface area contributed by atoms with Crippen LogP contribution in [-0.4, -0.2) is 12.4 Å². The molecule has 4 heteroatoms. The second kappa shape index (κ2) is 6.76. The molecule has 0 fully saturated rings. The molecule has 2 aromatic carbocycles. The number of ether oxygens (including phenoxy) is 1. The molecule has 3 nitrogen and oxygen atoms in total. The summed E-state index contributed by atoms with van der Waals surface area (Å²) in [5, 5.41) is 0. The van der Waals surface area contributed by atoms with E-state index in [1.54, 1.807) is 24.3 Å². The van der Waals surface area contributed by atoms with Gasteiger partial charge in [-0.3, -0.25) is 4.79 Å². The van der Waals surface area contributed by atoms with Gasteiger partial charge in [0.2, 0.25) is 0 Å². The van der Waals surface area contributed by atoms with Gasteiger partial charge in [0.15, 0.2) is 5.78 Å². The Kier molecular flexibility index (Phi) is 5.02. The largest absolute Gasteiger partial charge is 0.492 e. The Hall–Kier alpha value is -1.81. The number of ketones is 1. The molecule has 0 spiro atoms. The van der Waals surface area contributed by atoms with Crippen molar-refractivity contribution in [2.75, 3.05) is 12.3 Å². The summed E-state index contributed by atoms with van der Waals surface area (Å²) in [7, 11) is 0. The van der Waals surface area contributed by atoms with Gasteiger partial charge in [-0.1, -0.05) is 19.1 Å². The number of hydrogen-bond acceptors (Lipinski definition) is 3. The van der Waals surface area contributed by atoms with E-state index in [1.807, 2.05) is 26.0 Å². The van der Waals surface area contributed by atoms with Gasteiger partial charge in [-0.05, 0) is 59.1 Å². The van der Waals surface area contributed by atoms with Crippen molar-refractivity contribution in [1.29, 1.82) is 0 Å². The number of hydrogen-bond donors (Lipinski definition) is 1. The highest BCUT2D eigenvalue weighted by Crippen LogP contribution is 2.27. The fourth-order valence-corrected chi connectivity index (χ4v) is 2.41. The van der Waals surface area contributed by atoms with Crippen molar-refractivity contribution in [3.8, 4) is 5.75 Å². The van der Waals surface area contributed by atoms with Crippen LogP contribution in [0.2, 0.25) is 0 Å². The van der Waals surface area contributed by atoms with Crippen LogP contribution in [0.3, 0.4) is 0 Å². The lowest BCUT2D eigenvalue weighted by molar-refractivity contribution is 0.103. The van der Waals surface area contributed by atoms with Crippen LogP contribution in [0.5, 0.6) is 5.75 Å². The molecule has 0 saturated heterocycles. The van der Waals surface area contributed by atoms with Gasteiger partial charge in [0.25, 0.3) is 0 Å². The highest BCUT2D eigenvalue weighted by atomic mass is 79.9. The summed E-state index contributed by atoms with van der Waals surface area (Å²) in [6.07, 6.45) is 0.940. The molecule has 2 rings (SSSR count). The Morgan fingerprint density at radius 3 is 2.48 bits per heavy atom. The summed E-state index contributed by atoms with van der Waals surface area (Å²) in [4.78, 5) is 12.5. The lowest BCUT2D eigenvalue weighted by Gasteiger charge is -2.09. The number of carbonyl (C=O) groups is 1. The van der Waals surface area contributed by atoms with Gasteiger partial charge in [0.1, 0.15) is 5.75 Å². The molecular weight excluding hydrogens is 330 g/mol. The van der Waals surface area contributed by atoms with Gasteiger partial charge in [-0.2, -0.15) is 0 Å². The highest BCUT2D eigenvalue weighted by Gasteiger charge is 2.12. The Morgan fingerprint density at radius 2 is 1.86 bits per heavy atom. The first-order valence-electron chi connectivity index (χ1n) is 6.86. The SMILES string of the molecule is CCCOc1ccc(C(=O)c2ccc(C)c(N)c2)cc1Br. The monoisotopic (exact) mass is 347 g/mol. The summed E-state index contributed by atoms with van der Waals surface area (Å²) >= 11 is 3.44. The average Bonchev–Trinajstić information content (AvgIpc) is 2.48. The van der Waals surface area contributed by atoms with Crippen LogP contribution in [0.4, 0.5) is 5.69 Å². The first-order valence-corrected chi connectivity index (χ1v) is 7.65. The van der Waals surface area contributed by atoms with Crippen LogP contribution in [0.15, 0.2) is 40.9 Å². The molecule has 21 heavy (non-hydrogen) atoms. The van der Waals surface area contributed by atoms with Crippen LogP contribution < -0.4 is 10.5 Å². The Balaban J connectivity index is 2.27. The van der Waals surface area contributed by atoms with Crippen LogP contribution in [0.1, 0.15) is 34.8 Å². The predicted octanol–water partition coefficient (Wildman–Crippen LogP) is 4.36. The number of halogens is 1. The van der Waals surface area contributed by atoms with E-state index in [-0.39, 0.29) is 5.78 Å². The standard InChI is InChI=1S/C17H18BrNO2/c1-3-8-21-16-7-6-12(9-14(16)18)17(20)13-5-4-11(2)15(19)10-13/h4-7,9-10H,3,8,19H2,1-2H3. The maximum Gasteiger partial charge on any atom is 0.193 e. The summed E-state index contributed by atoms with van der Waals surface area (Å²) in [6.45, 7) is 4.62. The number of nitrogen functional groups attached to an aromatic ring is 1. The fourth-order valence-electron chi connectivity index (χ4n) is 1.92. The zero-order chi connectivity index (χ0) is 15.4. The molecule has 2 N–H and O–H groups in total. The summed E-state index contributed by atoms with van der Waals surface area (Å²) in [6, 6.07) is 10.7. The molecule has 0 saturated carbocycles. The molecular formula is C17H18BrNO2. The van der Waals surface area contributed by atoms with Crippen molar-refractivity contribution < 1.29 is 9.53 Å². The van der Waals surface area contributed by atoms with Crippen LogP contribution >= 0.6 is 15.9 Å². The normalized spacial score (nSPS) is 10.4. The van der Waals surface area contributed by atoms with E-state index < -0.39 is 0 Å². The summed E-state index contributed by atoms with van der Waals surface area (Å²) < 4.78 is 6.36. The van der Waals surface area contributed by atoms with Gasteiger partial charge in [-0.25, -0.2) is 0 Å². The van der Waals surface area contributed by atoms with E-state index in [0.717, 1.165) is 22.2 Å². The zero-order valence-corrected chi connectivity index (χ0v) is 13.7. The first-order chi connectivity index (χ1) is 10.0. The van der Waals surface area contributed by atoms with E-state index in [9.17, 15) is 4.79 Å². The fraction of sp³-hybridized carbons (Fsp3) is 0.235. The number of anilines is 1. The number of aryl methyl sites for hydroxylation is 1. The molecule has 2 aromatic rings. The molecule has 0 amide bonds. The minimum absolute atomic E-state index is 0.0514. The minimum Gasteiger partial charge on any atom is -0.492 e. The number of nitrogens with two attached hydrogens (primary N) is 1. The highest BCUT2D eigenvalue weighted by molar-refractivity contribution is 9.10. The third kappa shape index (κ3) is 3.64. The second-order valence-electron chi connectivity index (χ2n) is 4.89. The Labute approximate surface area is 133 Å². The van der Waals surface area contributed by atoms with Crippen molar-refractivity contribution in [1.82, 2.24) is 0 Å². The topological polar surface area (TPSA) is 52.3 Å². The van der Waals surface area contributed by atoms with Crippen molar-refractivity contribution in [3.05, 3.63) is 57.6 Å². The molecule has 0 aliphatic carbocycles. The van der Waals surface area contributed by atoms with Crippen molar-refractivity contribution in [2.45, 2.75) is 20.3 Å². The first kappa shape index (κ1) is 15.6. The Morgan fingerprint density at radius 1 is 1.19 bits per heavy atom. The molecule has 0 aromatic heterocycles. The lowest BCUT2D eigenvalue weighted by atomic mass is 10.0. The van der Waals surface area contributed by atoms with Crippen molar-refractivity contribution in [3.63, 3.8) is 0 Å². The molecule has 0 bridgehead atoms. The number of rotatable bonds is 5. The Bertz CT molecular complexity index is 668. The summed E-state index contributed by atoms with van der Waals surface area (Å²) in [5.74, 6) is 0.696. The average molecular weight is 348 g/mol. The molecule has 0 unspecified atom stereocenters. The maximum absolute atomic E-state index is 12.5. The molecule has 0 atom stereocenters. The van der Waals surface area contributed by atoms with E-state index in [2.05, 4.69) is 15.9 Å². The lowest BCUT2D eigenvalue weighted by Crippen LogP contribution is -2.04. The molecule has 0 aliphatic heterocycles. The van der Waals surface area contributed by atoms with Gasteiger partial charge < -0.3 is 10.5 Å². The van der Waals surface area contributed by atoms with Gasteiger partial charge >= 0.3 is 0 Å². The van der Waals surface area contributed by atoms with Gasteiger partial charge in [0.05, 0.1) is 11.1 Å². The van der Waals surface area contributed by atoms with Gasteiger partial charge in [0, 0.05) is 16.8 Å². The van der Waals surface area contributed by atoms with Crippen LogP contribution in [0, 0.1) is 6.92 Å². The van der Waals surface area contributed by atoms with Crippen LogP contribution in [0.25, 0.3) is 0 Å². The third-order valence-corrected chi connectivity index (χ3v) is 3.82. The molecule has 110 valence electrons. The minimum atomic E-state index is -0.0514. The van der Waals surface area contributed by atoms with Crippen molar-refractivity contribution in [2.24, 2.45) is 0 Å². The predicted molar refractivity (Wildman–Crippen MR) is 89.0 cm³/mol. The van der Waals surface area contributed by atoms with E-state index in [1.165, 1.54) is 0 Å². The smallest absolute Gasteiger partial charge is 0.193 e. The van der Waals surface area contributed by atoms with E-state index >= 15 is 0 Å². The molecule has 0 aliphatic rings. The van der Waals surface area contributed by atoms with Crippen LogP contribution in [-0.2, 0) is 0 Å². The third-order valence-electron chi connectivity index (χ3n) is 3.20. The van der Waals surface area contributed by atoms with E-state index in [4.69, 9.17) is 10.5 Å². The second-order valence-corrected chi connectivity index (χ2v) is 5.75. The molecule has 0 radical (unpaired) electrons. The quantitative estimate of drug-likeness (QED) is 0.645. The molecule has 0 heterocycles. The number of benzene rings is 2. The number of carbonyl (C=O) groups excluding carboxylic acids is 1.